The second-order valence-electron chi connectivity index (χ2n) is 3.88. The SMILES string of the molecule is CCCNCC(=O)NCc1ccccc1C. The highest BCUT2D eigenvalue weighted by Crippen LogP contribution is 2.05. The Balaban J connectivity index is 2.29. The highest BCUT2D eigenvalue weighted by molar-refractivity contribution is 5.77. The van der Waals surface area contributed by atoms with Crippen LogP contribution < -0.4 is 10.6 Å². The molecule has 1 amide bonds. The fourth-order valence-electron chi connectivity index (χ4n) is 1.44. The van der Waals surface area contributed by atoms with E-state index >= 15 is 0 Å². The van der Waals surface area contributed by atoms with Crippen LogP contribution in [-0.2, 0) is 11.3 Å². The normalized spacial score (nSPS) is 10.1. The fourth-order valence-corrected chi connectivity index (χ4v) is 1.44. The highest BCUT2D eigenvalue weighted by Gasteiger charge is 2.01. The number of rotatable bonds is 6. The van der Waals surface area contributed by atoms with Gasteiger partial charge in [-0.25, -0.2) is 0 Å². The summed E-state index contributed by atoms with van der Waals surface area (Å²) in [6.07, 6.45) is 1.05. The topological polar surface area (TPSA) is 41.1 Å². The molecular formula is C13H20N2O. The minimum absolute atomic E-state index is 0.0525. The molecule has 0 aliphatic carbocycles. The first-order chi connectivity index (χ1) is 7.74. The Labute approximate surface area is 97.2 Å². The van der Waals surface area contributed by atoms with Crippen molar-refractivity contribution < 1.29 is 4.79 Å². The Kier molecular flexibility index (Phi) is 5.57. The largest absolute Gasteiger partial charge is 0.351 e. The molecule has 3 nitrogen and oxygen atoms in total. The molecule has 0 aromatic heterocycles. The van der Waals surface area contributed by atoms with E-state index < -0.39 is 0 Å². The summed E-state index contributed by atoms with van der Waals surface area (Å²) in [5.74, 6) is 0.0525. The molecule has 88 valence electrons. The molecule has 0 fully saturated rings. The van der Waals surface area contributed by atoms with Crippen molar-refractivity contribution in [3.05, 3.63) is 35.4 Å². The van der Waals surface area contributed by atoms with Crippen molar-refractivity contribution in [3.8, 4) is 0 Å². The van der Waals surface area contributed by atoms with E-state index in [-0.39, 0.29) is 5.91 Å². The quantitative estimate of drug-likeness (QED) is 0.715. The smallest absolute Gasteiger partial charge is 0.234 e. The molecule has 0 saturated heterocycles. The number of hydrogen-bond acceptors (Lipinski definition) is 2. The van der Waals surface area contributed by atoms with E-state index in [0.29, 0.717) is 13.1 Å². The molecule has 3 heteroatoms. The molecular weight excluding hydrogens is 200 g/mol. The highest BCUT2D eigenvalue weighted by atomic mass is 16.1. The number of amides is 1. The molecule has 0 aliphatic heterocycles. The minimum Gasteiger partial charge on any atom is -0.351 e. The minimum atomic E-state index is 0.0525. The summed E-state index contributed by atoms with van der Waals surface area (Å²) in [7, 11) is 0. The van der Waals surface area contributed by atoms with Crippen molar-refractivity contribution in [1.29, 1.82) is 0 Å². The van der Waals surface area contributed by atoms with Crippen LogP contribution in [0.15, 0.2) is 24.3 Å². The fraction of sp³-hybridized carbons (Fsp3) is 0.462. The molecule has 0 unspecified atom stereocenters. The number of carbonyl (C=O) groups excluding carboxylic acids is 1. The van der Waals surface area contributed by atoms with Gasteiger partial charge in [0.2, 0.25) is 5.91 Å². The molecule has 1 aromatic carbocycles. The molecule has 0 heterocycles. The van der Waals surface area contributed by atoms with Crippen LogP contribution in [0.3, 0.4) is 0 Å². The van der Waals surface area contributed by atoms with Gasteiger partial charge in [-0.3, -0.25) is 4.79 Å². The average molecular weight is 220 g/mol. The zero-order chi connectivity index (χ0) is 11.8. The molecule has 0 spiro atoms. The molecule has 0 bridgehead atoms. The summed E-state index contributed by atoms with van der Waals surface area (Å²) in [6, 6.07) is 8.08. The second-order valence-corrected chi connectivity index (χ2v) is 3.88. The summed E-state index contributed by atoms with van der Waals surface area (Å²) < 4.78 is 0. The molecule has 0 atom stereocenters. The third-order valence-corrected chi connectivity index (χ3v) is 2.45. The van der Waals surface area contributed by atoms with E-state index in [4.69, 9.17) is 0 Å². The number of aryl methyl sites for hydroxylation is 1. The number of carbonyl (C=O) groups is 1. The number of nitrogens with one attached hydrogen (secondary N) is 2. The van der Waals surface area contributed by atoms with Gasteiger partial charge in [-0.2, -0.15) is 0 Å². The van der Waals surface area contributed by atoms with Gasteiger partial charge in [0.1, 0.15) is 0 Å². The third-order valence-electron chi connectivity index (χ3n) is 2.45. The summed E-state index contributed by atoms with van der Waals surface area (Å²) in [4.78, 5) is 11.4. The first-order valence-corrected chi connectivity index (χ1v) is 5.76. The molecule has 16 heavy (non-hydrogen) atoms. The van der Waals surface area contributed by atoms with Crippen LogP contribution in [0, 0.1) is 6.92 Å². The molecule has 2 N–H and O–H groups in total. The molecule has 0 radical (unpaired) electrons. The monoisotopic (exact) mass is 220 g/mol. The van der Waals surface area contributed by atoms with Gasteiger partial charge in [0.05, 0.1) is 6.54 Å². The van der Waals surface area contributed by atoms with Gasteiger partial charge in [-0.1, -0.05) is 31.2 Å². The predicted octanol–water partition coefficient (Wildman–Crippen LogP) is 1.61. The third kappa shape index (κ3) is 4.45. The Morgan fingerprint density at radius 2 is 2.06 bits per heavy atom. The van der Waals surface area contributed by atoms with Crippen LogP contribution in [0.1, 0.15) is 24.5 Å². The van der Waals surface area contributed by atoms with Crippen molar-refractivity contribution in [2.45, 2.75) is 26.8 Å². The predicted molar refractivity (Wildman–Crippen MR) is 66.2 cm³/mol. The van der Waals surface area contributed by atoms with Gasteiger partial charge in [-0.05, 0) is 31.0 Å². The first-order valence-electron chi connectivity index (χ1n) is 5.76. The van der Waals surface area contributed by atoms with Gasteiger partial charge in [0.25, 0.3) is 0 Å². The zero-order valence-electron chi connectivity index (χ0n) is 10.0. The first kappa shape index (κ1) is 12.7. The van der Waals surface area contributed by atoms with Gasteiger partial charge in [0, 0.05) is 6.54 Å². The lowest BCUT2D eigenvalue weighted by molar-refractivity contribution is -0.120. The Hall–Kier alpha value is -1.35. The van der Waals surface area contributed by atoms with Crippen molar-refractivity contribution in [2.24, 2.45) is 0 Å². The molecule has 0 saturated carbocycles. The van der Waals surface area contributed by atoms with Crippen LogP contribution in [0.2, 0.25) is 0 Å². The molecule has 1 rings (SSSR count). The second kappa shape index (κ2) is 7.01. The lowest BCUT2D eigenvalue weighted by Crippen LogP contribution is -2.33. The van der Waals surface area contributed by atoms with Gasteiger partial charge in [-0.15, -0.1) is 0 Å². The number of benzene rings is 1. The van der Waals surface area contributed by atoms with Crippen LogP contribution in [0.5, 0.6) is 0 Å². The van der Waals surface area contributed by atoms with E-state index in [1.165, 1.54) is 11.1 Å². The maximum Gasteiger partial charge on any atom is 0.234 e. The molecule has 0 aliphatic rings. The zero-order valence-corrected chi connectivity index (χ0v) is 10.0. The van der Waals surface area contributed by atoms with Crippen molar-refractivity contribution in [1.82, 2.24) is 10.6 Å². The Morgan fingerprint density at radius 1 is 1.31 bits per heavy atom. The standard InChI is InChI=1S/C13H20N2O/c1-3-8-14-10-13(16)15-9-12-7-5-4-6-11(12)2/h4-7,14H,3,8-10H2,1-2H3,(H,15,16). The lowest BCUT2D eigenvalue weighted by atomic mass is 10.1. The van der Waals surface area contributed by atoms with Crippen LogP contribution >= 0.6 is 0 Å². The summed E-state index contributed by atoms with van der Waals surface area (Å²) >= 11 is 0. The van der Waals surface area contributed by atoms with E-state index in [1.807, 2.05) is 18.2 Å². The number of hydrogen-bond donors (Lipinski definition) is 2. The maximum atomic E-state index is 11.4. The Morgan fingerprint density at radius 3 is 2.75 bits per heavy atom. The summed E-state index contributed by atoms with van der Waals surface area (Å²) in [5, 5.41) is 5.97. The van der Waals surface area contributed by atoms with Crippen molar-refractivity contribution >= 4 is 5.91 Å². The van der Waals surface area contributed by atoms with E-state index in [2.05, 4.69) is 30.5 Å². The van der Waals surface area contributed by atoms with Gasteiger partial charge < -0.3 is 10.6 Å². The van der Waals surface area contributed by atoms with E-state index in [1.54, 1.807) is 0 Å². The lowest BCUT2D eigenvalue weighted by Gasteiger charge is -2.08. The molecule has 1 aromatic rings. The van der Waals surface area contributed by atoms with E-state index in [0.717, 1.165) is 13.0 Å². The maximum absolute atomic E-state index is 11.4. The van der Waals surface area contributed by atoms with Gasteiger partial charge >= 0.3 is 0 Å². The van der Waals surface area contributed by atoms with Gasteiger partial charge in [0.15, 0.2) is 0 Å². The van der Waals surface area contributed by atoms with Crippen LogP contribution in [0.4, 0.5) is 0 Å². The summed E-state index contributed by atoms with van der Waals surface area (Å²) in [6.45, 7) is 6.03. The average Bonchev–Trinajstić information content (AvgIpc) is 2.28. The van der Waals surface area contributed by atoms with Crippen molar-refractivity contribution in [3.63, 3.8) is 0 Å². The Bertz CT molecular complexity index is 336. The summed E-state index contributed by atoms with van der Waals surface area (Å²) in [5.41, 5.74) is 2.38. The van der Waals surface area contributed by atoms with Crippen molar-refractivity contribution in [2.75, 3.05) is 13.1 Å². The van der Waals surface area contributed by atoms with Crippen LogP contribution in [0.25, 0.3) is 0 Å². The van der Waals surface area contributed by atoms with E-state index in [9.17, 15) is 4.79 Å². The van der Waals surface area contributed by atoms with Crippen LogP contribution in [-0.4, -0.2) is 19.0 Å².